The predicted molar refractivity (Wildman–Crippen MR) is 57.7 cm³/mol. The molecule has 0 fully saturated rings. The summed E-state index contributed by atoms with van der Waals surface area (Å²) in [5.74, 6) is 0.917. The minimum absolute atomic E-state index is 0.166. The number of hydrogen-bond acceptors (Lipinski definition) is 5. The van der Waals surface area contributed by atoms with Crippen molar-refractivity contribution >= 4 is 30.4 Å². The lowest BCUT2D eigenvalue weighted by atomic mass is 10.3. The minimum Gasteiger partial charge on any atom is -0.480 e. The Morgan fingerprint density at radius 3 is 2.69 bits per heavy atom. The van der Waals surface area contributed by atoms with Crippen LogP contribution < -0.4 is 5.32 Å². The molecule has 1 atom stereocenters. The Morgan fingerprint density at radius 2 is 2.23 bits per heavy atom. The summed E-state index contributed by atoms with van der Waals surface area (Å²) in [6.07, 6.45) is 0. The molecular formula is C7H15NO3S2. The van der Waals surface area contributed by atoms with Crippen LogP contribution >= 0.6 is 24.4 Å². The van der Waals surface area contributed by atoms with E-state index in [-0.39, 0.29) is 6.61 Å². The highest BCUT2D eigenvalue weighted by Gasteiger charge is 2.13. The first-order valence-corrected chi connectivity index (χ1v) is 5.76. The lowest BCUT2D eigenvalue weighted by molar-refractivity contribution is -0.138. The molecule has 78 valence electrons. The van der Waals surface area contributed by atoms with Crippen LogP contribution in [-0.4, -0.2) is 52.6 Å². The van der Waals surface area contributed by atoms with Gasteiger partial charge in [-0.1, -0.05) is 0 Å². The van der Waals surface area contributed by atoms with E-state index in [0.29, 0.717) is 18.1 Å². The summed E-state index contributed by atoms with van der Waals surface area (Å²) in [6, 6.07) is -0.571. The van der Waals surface area contributed by atoms with E-state index in [4.69, 9.17) is 10.2 Å². The van der Waals surface area contributed by atoms with Crippen molar-refractivity contribution in [2.45, 2.75) is 6.04 Å². The molecule has 0 bridgehead atoms. The van der Waals surface area contributed by atoms with Crippen LogP contribution in [0, 0.1) is 0 Å². The second-order valence-corrected chi connectivity index (χ2v) is 3.95. The molecule has 0 saturated heterocycles. The average molecular weight is 225 g/mol. The van der Waals surface area contributed by atoms with E-state index in [1.165, 1.54) is 0 Å². The molecule has 0 aliphatic heterocycles. The first-order chi connectivity index (χ1) is 6.22. The molecule has 4 nitrogen and oxygen atoms in total. The fourth-order valence-corrected chi connectivity index (χ4v) is 1.58. The fourth-order valence-electron chi connectivity index (χ4n) is 0.702. The molecule has 0 aromatic carbocycles. The van der Waals surface area contributed by atoms with E-state index in [2.05, 4.69) is 17.9 Å². The second-order valence-electron chi connectivity index (χ2n) is 2.36. The van der Waals surface area contributed by atoms with Gasteiger partial charge in [0.2, 0.25) is 0 Å². The minimum atomic E-state index is -0.873. The van der Waals surface area contributed by atoms with E-state index >= 15 is 0 Å². The van der Waals surface area contributed by atoms with Gasteiger partial charge in [-0.3, -0.25) is 4.79 Å². The van der Waals surface area contributed by atoms with Gasteiger partial charge < -0.3 is 15.5 Å². The van der Waals surface area contributed by atoms with Crippen LogP contribution in [0.1, 0.15) is 0 Å². The van der Waals surface area contributed by atoms with Gasteiger partial charge in [0.25, 0.3) is 0 Å². The van der Waals surface area contributed by atoms with E-state index in [1.807, 2.05) is 0 Å². The van der Waals surface area contributed by atoms with Crippen molar-refractivity contribution in [3.8, 4) is 0 Å². The first kappa shape index (κ1) is 13.1. The highest BCUT2D eigenvalue weighted by atomic mass is 32.2. The summed E-state index contributed by atoms with van der Waals surface area (Å²) in [5.41, 5.74) is 0. The molecule has 13 heavy (non-hydrogen) atoms. The molecule has 0 aliphatic rings. The van der Waals surface area contributed by atoms with Gasteiger partial charge in [-0.15, -0.1) is 0 Å². The van der Waals surface area contributed by atoms with Crippen LogP contribution in [0.4, 0.5) is 0 Å². The van der Waals surface area contributed by atoms with Crippen molar-refractivity contribution in [1.29, 1.82) is 0 Å². The van der Waals surface area contributed by atoms with Crippen molar-refractivity contribution in [3.05, 3.63) is 0 Å². The molecule has 0 amide bonds. The Labute approximate surface area is 87.5 Å². The number of thiol groups is 1. The monoisotopic (exact) mass is 225 g/mol. The van der Waals surface area contributed by atoms with Crippen molar-refractivity contribution in [3.63, 3.8) is 0 Å². The van der Waals surface area contributed by atoms with Gasteiger partial charge in [0.05, 0.1) is 6.61 Å². The van der Waals surface area contributed by atoms with Gasteiger partial charge in [-0.05, 0) is 0 Å². The third-order valence-corrected chi connectivity index (χ3v) is 2.68. The lowest BCUT2D eigenvalue weighted by Crippen LogP contribution is -2.39. The average Bonchev–Trinajstić information content (AvgIpc) is 2.10. The predicted octanol–water partition coefficient (Wildman–Crippen LogP) is -0.315. The summed E-state index contributed by atoms with van der Waals surface area (Å²) >= 11 is 5.50. The van der Waals surface area contributed by atoms with Crippen LogP contribution in [0.5, 0.6) is 0 Å². The smallest absolute Gasteiger partial charge is 0.321 e. The SMILES string of the molecule is O=C(O)[C@H](CS)NCCSCCO. The highest BCUT2D eigenvalue weighted by Crippen LogP contribution is 1.96. The van der Waals surface area contributed by atoms with Gasteiger partial charge in [0.15, 0.2) is 0 Å². The largest absolute Gasteiger partial charge is 0.480 e. The van der Waals surface area contributed by atoms with Gasteiger partial charge in [0, 0.05) is 23.8 Å². The summed E-state index contributed by atoms with van der Waals surface area (Å²) in [6.45, 7) is 0.793. The van der Waals surface area contributed by atoms with Crippen LogP contribution in [0.2, 0.25) is 0 Å². The molecular weight excluding hydrogens is 210 g/mol. The maximum absolute atomic E-state index is 10.5. The Morgan fingerprint density at radius 1 is 1.54 bits per heavy atom. The third kappa shape index (κ3) is 7.18. The molecule has 0 rings (SSSR count). The molecule has 6 heteroatoms. The highest BCUT2D eigenvalue weighted by molar-refractivity contribution is 7.99. The number of carboxylic acid groups (broad SMARTS) is 1. The van der Waals surface area contributed by atoms with E-state index in [1.54, 1.807) is 11.8 Å². The number of aliphatic hydroxyl groups is 1. The molecule has 0 aromatic heterocycles. The Balaban J connectivity index is 3.33. The van der Waals surface area contributed by atoms with Crippen molar-refractivity contribution in [1.82, 2.24) is 5.32 Å². The Kier molecular flexibility index (Phi) is 8.74. The Bertz CT molecular complexity index is 146. The van der Waals surface area contributed by atoms with Crippen molar-refractivity contribution in [2.24, 2.45) is 0 Å². The molecule has 0 saturated carbocycles. The summed E-state index contributed by atoms with van der Waals surface area (Å²) in [5, 5.41) is 19.9. The quantitative estimate of drug-likeness (QED) is 0.337. The number of carboxylic acids is 1. The molecule has 0 aromatic rings. The van der Waals surface area contributed by atoms with Crippen molar-refractivity contribution in [2.75, 3.05) is 30.4 Å². The third-order valence-electron chi connectivity index (χ3n) is 1.35. The van der Waals surface area contributed by atoms with E-state index in [0.717, 1.165) is 5.75 Å². The van der Waals surface area contributed by atoms with Gasteiger partial charge in [-0.2, -0.15) is 24.4 Å². The van der Waals surface area contributed by atoms with Gasteiger partial charge >= 0.3 is 5.97 Å². The summed E-state index contributed by atoms with van der Waals surface area (Å²) in [7, 11) is 0. The fraction of sp³-hybridized carbons (Fsp3) is 0.857. The van der Waals surface area contributed by atoms with Gasteiger partial charge in [0.1, 0.15) is 6.04 Å². The number of carbonyl (C=O) groups is 1. The lowest BCUT2D eigenvalue weighted by Gasteiger charge is -2.10. The molecule has 0 aliphatic carbocycles. The number of nitrogens with one attached hydrogen (secondary N) is 1. The summed E-state index contributed by atoms with van der Waals surface area (Å²) < 4.78 is 0. The zero-order valence-corrected chi connectivity index (χ0v) is 8.98. The Hall–Kier alpha value is 0.0900. The molecule has 3 N–H and O–H groups in total. The molecule has 0 spiro atoms. The number of thioether (sulfide) groups is 1. The maximum Gasteiger partial charge on any atom is 0.321 e. The normalized spacial score (nSPS) is 12.8. The molecule has 0 radical (unpaired) electrons. The van der Waals surface area contributed by atoms with Crippen LogP contribution in [0.25, 0.3) is 0 Å². The van der Waals surface area contributed by atoms with Crippen molar-refractivity contribution < 1.29 is 15.0 Å². The van der Waals surface area contributed by atoms with Crippen LogP contribution in [0.3, 0.4) is 0 Å². The topological polar surface area (TPSA) is 69.6 Å². The molecule has 0 unspecified atom stereocenters. The van der Waals surface area contributed by atoms with Crippen LogP contribution in [0.15, 0.2) is 0 Å². The van der Waals surface area contributed by atoms with E-state index < -0.39 is 12.0 Å². The zero-order chi connectivity index (χ0) is 10.1. The number of rotatable bonds is 8. The first-order valence-electron chi connectivity index (χ1n) is 3.98. The molecule has 0 heterocycles. The summed E-state index contributed by atoms with van der Waals surface area (Å²) in [4.78, 5) is 10.5. The number of aliphatic hydroxyl groups excluding tert-OH is 1. The maximum atomic E-state index is 10.5. The van der Waals surface area contributed by atoms with Gasteiger partial charge in [-0.25, -0.2) is 0 Å². The second kappa shape index (κ2) is 8.68. The standard InChI is InChI=1S/C7H15NO3S2/c9-2-4-13-3-1-8-6(5-12)7(10)11/h6,8-9,12H,1-5H2,(H,10,11)/t6-/m0/s1. The van der Waals surface area contributed by atoms with Crippen LogP contribution in [-0.2, 0) is 4.79 Å². The zero-order valence-electron chi connectivity index (χ0n) is 7.27. The number of aliphatic carboxylic acids is 1. The number of hydrogen-bond donors (Lipinski definition) is 4. The van der Waals surface area contributed by atoms with E-state index in [9.17, 15) is 4.79 Å².